The van der Waals surface area contributed by atoms with Crippen molar-refractivity contribution in [3.05, 3.63) is 11.1 Å². The Labute approximate surface area is 106 Å². The van der Waals surface area contributed by atoms with E-state index in [0.717, 1.165) is 5.92 Å². The van der Waals surface area contributed by atoms with Crippen LogP contribution < -0.4 is 0 Å². The third-order valence-electron chi connectivity index (χ3n) is 6.26. The molecular formula is C16H28N+. The van der Waals surface area contributed by atoms with Crippen LogP contribution in [-0.4, -0.2) is 30.2 Å². The summed E-state index contributed by atoms with van der Waals surface area (Å²) >= 11 is 0. The highest BCUT2D eigenvalue weighted by molar-refractivity contribution is 5.29. The molecule has 1 saturated heterocycles. The molecule has 17 heavy (non-hydrogen) atoms. The molecule has 1 nitrogen and oxygen atoms in total. The van der Waals surface area contributed by atoms with Crippen molar-refractivity contribution < 1.29 is 4.48 Å². The molecule has 3 aliphatic rings. The van der Waals surface area contributed by atoms with Crippen molar-refractivity contribution in [1.82, 2.24) is 0 Å². The van der Waals surface area contributed by atoms with Gasteiger partial charge in [0.15, 0.2) is 0 Å². The Bertz CT molecular complexity index is 357. The number of hydrogen-bond donors (Lipinski definition) is 0. The van der Waals surface area contributed by atoms with Crippen LogP contribution in [0.5, 0.6) is 0 Å². The second-order valence-electron chi connectivity index (χ2n) is 7.09. The molecule has 1 heteroatoms. The maximum absolute atomic E-state index is 2.59. The van der Waals surface area contributed by atoms with Crippen molar-refractivity contribution in [1.29, 1.82) is 0 Å². The predicted octanol–water partition coefficient (Wildman–Crippen LogP) is 3.90. The number of quaternary nitrogens is 1. The fourth-order valence-corrected chi connectivity index (χ4v) is 4.95. The smallest absolute Gasteiger partial charge is 0.118 e. The highest BCUT2D eigenvalue weighted by Crippen LogP contribution is 2.52. The summed E-state index contributed by atoms with van der Waals surface area (Å²) in [6.07, 6.45) is 9.97. The molecule has 0 radical (unpaired) electrons. The fraction of sp³-hybridized carbons (Fsp3) is 0.875. The van der Waals surface area contributed by atoms with Gasteiger partial charge in [0.05, 0.1) is 20.1 Å². The third-order valence-corrected chi connectivity index (χ3v) is 6.26. The van der Waals surface area contributed by atoms with Gasteiger partial charge in [-0.05, 0) is 44.6 Å². The summed E-state index contributed by atoms with van der Waals surface area (Å²) in [5.41, 5.74) is 4.27. The van der Waals surface area contributed by atoms with Gasteiger partial charge in [0.1, 0.15) is 5.54 Å². The van der Waals surface area contributed by atoms with Crippen molar-refractivity contribution in [3.63, 3.8) is 0 Å². The topological polar surface area (TPSA) is 0 Å². The van der Waals surface area contributed by atoms with Crippen LogP contribution in [0.3, 0.4) is 0 Å². The van der Waals surface area contributed by atoms with Gasteiger partial charge in [-0.25, -0.2) is 0 Å². The van der Waals surface area contributed by atoms with Gasteiger partial charge >= 0.3 is 0 Å². The van der Waals surface area contributed by atoms with Gasteiger partial charge in [-0.1, -0.05) is 12.5 Å². The van der Waals surface area contributed by atoms with E-state index < -0.39 is 0 Å². The second kappa shape index (κ2) is 3.85. The van der Waals surface area contributed by atoms with Gasteiger partial charge in [-0.15, -0.1) is 0 Å². The summed E-state index contributed by atoms with van der Waals surface area (Å²) in [5.74, 6) is 0.971. The summed E-state index contributed by atoms with van der Waals surface area (Å²) in [6.45, 7) is 7.81. The van der Waals surface area contributed by atoms with E-state index in [0.29, 0.717) is 5.54 Å². The first-order chi connectivity index (χ1) is 8.09. The molecule has 3 atom stereocenters. The summed E-state index contributed by atoms with van der Waals surface area (Å²) in [6, 6.07) is 0. The zero-order chi connectivity index (χ0) is 12.1. The van der Waals surface area contributed by atoms with Crippen LogP contribution in [0, 0.1) is 5.92 Å². The van der Waals surface area contributed by atoms with Gasteiger partial charge < -0.3 is 4.48 Å². The monoisotopic (exact) mass is 234 g/mol. The first kappa shape index (κ1) is 11.8. The van der Waals surface area contributed by atoms with Crippen molar-refractivity contribution in [2.45, 2.75) is 64.3 Å². The molecule has 0 N–H and O–H groups in total. The van der Waals surface area contributed by atoms with Gasteiger partial charge in [-0.2, -0.15) is 0 Å². The molecule has 0 aromatic carbocycles. The zero-order valence-electron chi connectivity index (χ0n) is 11.9. The molecular weight excluding hydrogens is 206 g/mol. The van der Waals surface area contributed by atoms with Crippen LogP contribution in [0.2, 0.25) is 0 Å². The molecule has 1 fully saturated rings. The van der Waals surface area contributed by atoms with Crippen LogP contribution in [0.25, 0.3) is 0 Å². The number of hydrogen-bond acceptors (Lipinski definition) is 0. The maximum atomic E-state index is 2.59. The second-order valence-corrected chi connectivity index (χ2v) is 7.09. The number of likely N-dealkylation sites (N-methyl/N-ethyl adjacent to an activating group) is 1. The lowest BCUT2D eigenvalue weighted by atomic mass is 9.73. The van der Waals surface area contributed by atoms with Crippen LogP contribution in [0.15, 0.2) is 11.1 Å². The molecule has 0 saturated carbocycles. The van der Waals surface area contributed by atoms with Crippen molar-refractivity contribution in [2.75, 3.05) is 20.1 Å². The Kier molecular flexibility index (Phi) is 2.66. The van der Waals surface area contributed by atoms with E-state index in [-0.39, 0.29) is 0 Å². The van der Waals surface area contributed by atoms with Gasteiger partial charge in [0, 0.05) is 18.8 Å². The van der Waals surface area contributed by atoms with Crippen molar-refractivity contribution >= 4 is 0 Å². The fourth-order valence-electron chi connectivity index (χ4n) is 4.95. The molecule has 0 aromatic heterocycles. The molecule has 96 valence electrons. The molecule has 0 aromatic rings. The number of nitrogens with zero attached hydrogens (tertiary/aromatic N) is 1. The minimum Gasteiger partial charge on any atom is -0.317 e. The SMILES string of the molecule is CC[C@@H]1C[C@@]2(C)C3=C(CCCC3)CC[N+]2(C)C1. The van der Waals surface area contributed by atoms with Crippen molar-refractivity contribution in [3.8, 4) is 0 Å². The standard InChI is InChI=1S/C16H28N/c1-4-13-11-16(2)15-8-6-5-7-14(15)9-10-17(16,3)12-13/h13H,4-12H2,1-3H3/q+1/t13-,16+,17?/m1/s1. The molecule has 2 heterocycles. The molecule has 0 bridgehead atoms. The van der Waals surface area contributed by atoms with E-state index in [9.17, 15) is 0 Å². The summed E-state index contributed by atoms with van der Waals surface area (Å²) in [5, 5.41) is 0. The van der Waals surface area contributed by atoms with E-state index in [4.69, 9.17) is 0 Å². The van der Waals surface area contributed by atoms with Crippen LogP contribution >= 0.6 is 0 Å². The Balaban J connectivity index is 2.01. The van der Waals surface area contributed by atoms with Gasteiger partial charge in [0.25, 0.3) is 0 Å². The molecule has 3 rings (SSSR count). The van der Waals surface area contributed by atoms with Crippen LogP contribution in [0.1, 0.15) is 58.8 Å². The molecule has 2 aliphatic heterocycles. The molecule has 1 aliphatic carbocycles. The van der Waals surface area contributed by atoms with Crippen molar-refractivity contribution in [2.24, 2.45) is 5.92 Å². The van der Waals surface area contributed by atoms with Crippen LogP contribution in [0.4, 0.5) is 0 Å². The minimum absolute atomic E-state index is 0.509. The Hall–Kier alpha value is -0.300. The average Bonchev–Trinajstić information content (AvgIpc) is 2.62. The Morgan fingerprint density at radius 1 is 1.24 bits per heavy atom. The van der Waals surface area contributed by atoms with E-state index in [1.165, 1.54) is 62.5 Å². The Morgan fingerprint density at radius 2 is 2.00 bits per heavy atom. The van der Waals surface area contributed by atoms with Gasteiger partial charge in [-0.3, -0.25) is 0 Å². The molecule has 0 spiro atoms. The highest BCUT2D eigenvalue weighted by atomic mass is 15.4. The lowest BCUT2D eigenvalue weighted by molar-refractivity contribution is -0.942. The third kappa shape index (κ3) is 1.54. The predicted molar refractivity (Wildman–Crippen MR) is 72.8 cm³/mol. The maximum Gasteiger partial charge on any atom is 0.118 e. The van der Waals surface area contributed by atoms with E-state index in [1.807, 2.05) is 11.1 Å². The summed E-state index contributed by atoms with van der Waals surface area (Å²) < 4.78 is 1.35. The number of rotatable bonds is 1. The largest absolute Gasteiger partial charge is 0.317 e. The lowest BCUT2D eigenvalue weighted by Gasteiger charge is -2.51. The van der Waals surface area contributed by atoms with E-state index in [1.54, 1.807) is 0 Å². The number of fused-ring (bicyclic) bond motifs is 2. The highest BCUT2D eigenvalue weighted by Gasteiger charge is 2.56. The van der Waals surface area contributed by atoms with E-state index in [2.05, 4.69) is 20.9 Å². The Morgan fingerprint density at radius 3 is 2.76 bits per heavy atom. The van der Waals surface area contributed by atoms with Gasteiger partial charge in [0.2, 0.25) is 0 Å². The first-order valence-corrected chi connectivity index (χ1v) is 7.65. The normalized spacial score (nSPS) is 45.7. The average molecular weight is 234 g/mol. The summed E-state index contributed by atoms with van der Waals surface area (Å²) in [7, 11) is 2.54. The molecule has 1 unspecified atom stereocenters. The van der Waals surface area contributed by atoms with Crippen LogP contribution in [-0.2, 0) is 0 Å². The molecule has 0 amide bonds. The minimum atomic E-state index is 0.509. The quantitative estimate of drug-likeness (QED) is 0.477. The zero-order valence-corrected chi connectivity index (χ0v) is 11.9. The lowest BCUT2D eigenvalue weighted by Crippen LogP contribution is -2.60. The summed E-state index contributed by atoms with van der Waals surface area (Å²) in [4.78, 5) is 0. The van der Waals surface area contributed by atoms with E-state index >= 15 is 0 Å². The first-order valence-electron chi connectivity index (χ1n) is 7.65.